The van der Waals surface area contributed by atoms with Gasteiger partial charge in [0.15, 0.2) is 0 Å². The van der Waals surface area contributed by atoms with Gasteiger partial charge in [0.1, 0.15) is 0 Å². The van der Waals surface area contributed by atoms with Gasteiger partial charge in [0.25, 0.3) is 5.91 Å². The van der Waals surface area contributed by atoms with Crippen LogP contribution in [0.4, 0.5) is 57.1 Å². The molecule has 0 aliphatic rings. The van der Waals surface area contributed by atoms with Crippen molar-refractivity contribution in [3.05, 3.63) is 44.0 Å². The van der Waals surface area contributed by atoms with Crippen LogP contribution in [0.15, 0.2) is 38.4 Å². The number of carbonyl (C=O) groups is 1. The Labute approximate surface area is 197 Å². The zero-order chi connectivity index (χ0) is 26.3. The highest BCUT2D eigenvalue weighted by Gasteiger charge is 2.90. The molecule has 1 aromatic carbocycles. The molecule has 2 nitrogen and oxygen atoms in total. The number of alkyl halides is 13. The summed E-state index contributed by atoms with van der Waals surface area (Å²) < 4.78 is 169. The molecule has 0 heterocycles. The third kappa shape index (κ3) is 5.53. The molecular weight excluding hydrogens is 676 g/mol. The topological polar surface area (TPSA) is 29.1 Å². The smallest absolute Gasteiger partial charge is 0.348 e. The number of nitrogens with one attached hydrogen (secondary N) is 1. The van der Waals surface area contributed by atoms with E-state index in [1.165, 1.54) is 24.3 Å². The van der Waals surface area contributed by atoms with Gasteiger partial charge < -0.3 is 5.32 Å². The molecule has 1 N–H and O–H groups in total. The minimum Gasteiger partial charge on any atom is -0.348 e. The minimum absolute atomic E-state index is 0.0694. The molecular formula is C16H8BrF13INO. The largest absolute Gasteiger partial charge is 0.460 e. The Bertz CT molecular complexity index is 897. The van der Waals surface area contributed by atoms with Crippen molar-refractivity contribution >= 4 is 44.4 Å². The maximum Gasteiger partial charge on any atom is 0.460 e. The Kier molecular flexibility index (Phi) is 8.49. The van der Waals surface area contributed by atoms with Gasteiger partial charge in [-0.2, -0.15) is 57.1 Å². The van der Waals surface area contributed by atoms with E-state index >= 15 is 0 Å². The minimum atomic E-state index is -7.96. The van der Waals surface area contributed by atoms with E-state index in [1.54, 1.807) is 0 Å². The van der Waals surface area contributed by atoms with Gasteiger partial charge in [0.2, 0.25) is 0 Å². The Morgan fingerprint density at radius 1 is 0.788 bits per heavy atom. The molecule has 0 aliphatic heterocycles. The fraction of sp³-hybridized carbons (Fsp3) is 0.438. The van der Waals surface area contributed by atoms with Crippen molar-refractivity contribution in [3.8, 4) is 0 Å². The number of amides is 1. The second kappa shape index (κ2) is 9.41. The highest BCUT2D eigenvalue weighted by Crippen LogP contribution is 2.60. The van der Waals surface area contributed by atoms with Gasteiger partial charge in [-0.3, -0.25) is 4.79 Å². The fourth-order valence-electron chi connectivity index (χ4n) is 1.99. The Morgan fingerprint density at radius 2 is 1.21 bits per heavy atom. The van der Waals surface area contributed by atoms with Crippen LogP contribution in [0.3, 0.4) is 0 Å². The molecule has 0 atom stereocenters. The van der Waals surface area contributed by atoms with Crippen molar-refractivity contribution in [3.63, 3.8) is 0 Å². The summed E-state index contributed by atoms with van der Waals surface area (Å²) in [5.74, 6) is -38.3. The molecule has 1 aromatic rings. The zero-order valence-electron chi connectivity index (χ0n) is 15.2. The molecule has 0 unspecified atom stereocenters. The molecule has 0 radical (unpaired) electrons. The summed E-state index contributed by atoms with van der Waals surface area (Å²) in [6.07, 6.45) is -8.53. The second-order valence-electron chi connectivity index (χ2n) is 6.20. The quantitative estimate of drug-likeness (QED) is 0.227. The van der Waals surface area contributed by atoms with Crippen LogP contribution in [0.2, 0.25) is 0 Å². The standard InChI is InChI=1S/C16H8BrF13INO/c17-8-3-1-7(2-4-8)10(33)32-6-9(31)5-11(18,19)12(20,21)13(22,23)14(24,25)15(26,27)16(28,29)30/h1-5H,6H2,(H,32,33). The van der Waals surface area contributed by atoms with Crippen LogP contribution in [0.25, 0.3) is 0 Å². The first-order valence-corrected chi connectivity index (χ1v) is 9.77. The summed E-state index contributed by atoms with van der Waals surface area (Å²) >= 11 is 3.85. The molecule has 1 rings (SSSR count). The highest BCUT2D eigenvalue weighted by molar-refractivity contribution is 14.1. The van der Waals surface area contributed by atoms with E-state index in [4.69, 9.17) is 0 Å². The van der Waals surface area contributed by atoms with Crippen LogP contribution in [0, 0.1) is 0 Å². The summed E-state index contributed by atoms with van der Waals surface area (Å²) in [4.78, 5) is 11.8. The third-order valence-corrected chi connectivity index (χ3v) is 5.04. The fourth-order valence-corrected chi connectivity index (χ4v) is 2.83. The van der Waals surface area contributed by atoms with Gasteiger partial charge >= 0.3 is 35.8 Å². The average molecular weight is 684 g/mol. The molecule has 0 bridgehead atoms. The van der Waals surface area contributed by atoms with Gasteiger partial charge in [-0.25, -0.2) is 0 Å². The van der Waals surface area contributed by atoms with Crippen molar-refractivity contribution < 1.29 is 61.9 Å². The number of carbonyl (C=O) groups excluding carboxylic acids is 1. The summed E-state index contributed by atoms with van der Waals surface area (Å²) in [5.41, 5.74) is -0.0694. The molecule has 0 aromatic heterocycles. The molecule has 0 fully saturated rings. The van der Waals surface area contributed by atoms with Crippen molar-refractivity contribution in [1.29, 1.82) is 0 Å². The Balaban J connectivity index is 3.18. The number of hydrogen-bond donors (Lipinski definition) is 1. The number of halogens is 15. The Hall–Kier alpha value is -1.27. The van der Waals surface area contributed by atoms with Crippen molar-refractivity contribution in [2.24, 2.45) is 0 Å². The first-order valence-electron chi connectivity index (χ1n) is 7.89. The molecule has 1 amide bonds. The van der Waals surface area contributed by atoms with Gasteiger partial charge in [-0.05, 0) is 46.9 Å². The predicted octanol–water partition coefficient (Wildman–Crippen LogP) is 7.24. The second-order valence-corrected chi connectivity index (χ2v) is 8.50. The van der Waals surface area contributed by atoms with Gasteiger partial charge in [0.05, 0.1) is 0 Å². The summed E-state index contributed by atoms with van der Waals surface area (Å²) in [7, 11) is 0. The number of benzene rings is 1. The van der Waals surface area contributed by atoms with E-state index in [0.717, 1.165) is 22.6 Å². The molecule has 33 heavy (non-hydrogen) atoms. The van der Waals surface area contributed by atoms with Crippen LogP contribution >= 0.6 is 38.5 Å². The van der Waals surface area contributed by atoms with Gasteiger partial charge in [-0.15, -0.1) is 0 Å². The first kappa shape index (κ1) is 29.8. The predicted molar refractivity (Wildman–Crippen MR) is 99.4 cm³/mol. The maximum atomic E-state index is 13.8. The molecule has 17 heteroatoms. The lowest BCUT2D eigenvalue weighted by Gasteiger charge is -2.39. The van der Waals surface area contributed by atoms with Gasteiger partial charge in [-0.1, -0.05) is 15.9 Å². The SMILES string of the molecule is O=C(NCC(I)=CC(F)(F)C(F)(F)C(F)(F)C(F)(F)C(F)(F)C(F)(F)F)c1ccc(Br)cc1. The van der Waals surface area contributed by atoms with E-state index in [0.29, 0.717) is 4.47 Å². The molecule has 188 valence electrons. The number of hydrogen-bond acceptors (Lipinski definition) is 1. The van der Waals surface area contributed by atoms with Crippen LogP contribution in [0.5, 0.6) is 0 Å². The third-order valence-electron chi connectivity index (χ3n) is 3.82. The van der Waals surface area contributed by atoms with Crippen LogP contribution < -0.4 is 5.32 Å². The lowest BCUT2D eigenvalue weighted by Crippen LogP contribution is -2.69. The number of allylic oxidation sites excluding steroid dienone is 1. The molecule has 0 saturated carbocycles. The van der Waals surface area contributed by atoms with E-state index in [-0.39, 0.29) is 5.56 Å². The van der Waals surface area contributed by atoms with Crippen LogP contribution in [-0.4, -0.2) is 48.2 Å². The van der Waals surface area contributed by atoms with Gasteiger partial charge in [0, 0.05) is 26.2 Å². The highest BCUT2D eigenvalue weighted by atomic mass is 127. The van der Waals surface area contributed by atoms with Crippen LogP contribution in [-0.2, 0) is 0 Å². The normalized spacial score (nSPS) is 14.9. The van der Waals surface area contributed by atoms with E-state index in [9.17, 15) is 61.9 Å². The number of rotatable bonds is 8. The van der Waals surface area contributed by atoms with E-state index in [1.807, 2.05) is 5.32 Å². The maximum absolute atomic E-state index is 13.8. The van der Waals surface area contributed by atoms with Crippen LogP contribution in [0.1, 0.15) is 10.4 Å². The van der Waals surface area contributed by atoms with E-state index < -0.39 is 57.9 Å². The first-order chi connectivity index (χ1) is 14.5. The monoisotopic (exact) mass is 683 g/mol. The lowest BCUT2D eigenvalue weighted by molar-refractivity contribution is -0.436. The summed E-state index contributed by atoms with van der Waals surface area (Å²) in [6.45, 7) is -1.04. The molecule has 0 spiro atoms. The summed E-state index contributed by atoms with van der Waals surface area (Å²) in [5, 5.41) is 1.89. The van der Waals surface area contributed by atoms with Crippen molar-refractivity contribution in [2.45, 2.75) is 35.8 Å². The molecule has 0 saturated heterocycles. The Morgan fingerprint density at radius 3 is 1.64 bits per heavy atom. The molecule has 0 aliphatic carbocycles. The average Bonchev–Trinajstić information content (AvgIpc) is 2.64. The summed E-state index contributed by atoms with van der Waals surface area (Å²) in [6, 6.07) is 5.21. The lowest BCUT2D eigenvalue weighted by atomic mass is 9.94. The zero-order valence-corrected chi connectivity index (χ0v) is 18.9. The van der Waals surface area contributed by atoms with E-state index in [2.05, 4.69) is 15.9 Å². The van der Waals surface area contributed by atoms with Crippen molar-refractivity contribution in [2.75, 3.05) is 6.54 Å². The van der Waals surface area contributed by atoms with Crippen molar-refractivity contribution in [1.82, 2.24) is 5.32 Å².